The van der Waals surface area contributed by atoms with E-state index in [1.165, 1.54) is 0 Å². The first kappa shape index (κ1) is 17.5. The molecule has 1 saturated carbocycles. The highest BCUT2D eigenvalue weighted by Gasteiger charge is 2.24. The molecule has 7 heteroatoms. The van der Waals surface area contributed by atoms with Gasteiger partial charge in [-0.25, -0.2) is 4.98 Å². The summed E-state index contributed by atoms with van der Waals surface area (Å²) in [7, 11) is 1.84. The molecule has 1 amide bonds. The molecule has 0 unspecified atom stereocenters. The Morgan fingerprint density at radius 2 is 2.16 bits per heavy atom. The van der Waals surface area contributed by atoms with Gasteiger partial charge in [0.05, 0.1) is 18.0 Å². The number of aromatic nitrogens is 2. The summed E-state index contributed by atoms with van der Waals surface area (Å²) in [5.74, 6) is 0.632. The van der Waals surface area contributed by atoms with Crippen molar-refractivity contribution in [2.24, 2.45) is 7.05 Å². The van der Waals surface area contributed by atoms with Gasteiger partial charge in [0.1, 0.15) is 17.5 Å². The largest absolute Gasteiger partial charge is 0.490 e. The normalized spacial score (nSPS) is 19.9. The van der Waals surface area contributed by atoms with Crippen LogP contribution in [0.25, 0.3) is 0 Å². The maximum Gasteiger partial charge on any atom is 0.271 e. The first-order valence-corrected chi connectivity index (χ1v) is 8.99. The number of hydrogen-bond acceptors (Lipinski definition) is 4. The molecule has 1 heterocycles. The summed E-state index contributed by atoms with van der Waals surface area (Å²) in [6.07, 6.45) is 6.97. The molecule has 1 N–H and O–H groups in total. The Morgan fingerprint density at radius 3 is 2.76 bits per heavy atom. The molecule has 0 aliphatic heterocycles. The van der Waals surface area contributed by atoms with Crippen LogP contribution in [-0.2, 0) is 7.05 Å². The third kappa shape index (κ3) is 4.40. The van der Waals surface area contributed by atoms with Crippen molar-refractivity contribution in [2.45, 2.75) is 37.8 Å². The van der Waals surface area contributed by atoms with Gasteiger partial charge in [-0.1, -0.05) is 0 Å². The van der Waals surface area contributed by atoms with Crippen molar-refractivity contribution in [1.82, 2.24) is 14.9 Å². The summed E-state index contributed by atoms with van der Waals surface area (Å²) in [6.45, 7) is 0. The highest BCUT2D eigenvalue weighted by molar-refractivity contribution is 9.10. The zero-order chi connectivity index (χ0) is 17.8. The molecular formula is C18H19BrN4O2. The van der Waals surface area contributed by atoms with Crippen molar-refractivity contribution in [1.29, 1.82) is 5.26 Å². The summed E-state index contributed by atoms with van der Waals surface area (Å²) in [4.78, 5) is 16.2. The molecule has 1 aliphatic carbocycles. The van der Waals surface area contributed by atoms with E-state index in [1.54, 1.807) is 23.2 Å². The highest BCUT2D eigenvalue weighted by atomic mass is 79.9. The number of ether oxygens (including phenoxy) is 1. The summed E-state index contributed by atoms with van der Waals surface area (Å²) < 4.78 is 8.51. The highest BCUT2D eigenvalue weighted by Crippen LogP contribution is 2.27. The SMILES string of the molecule is Cn1cnc(C(=O)NC2CCC(Oc3ccc(C#N)c(Br)c3)CC2)c1. The molecule has 6 nitrogen and oxygen atoms in total. The molecule has 0 bridgehead atoms. The number of halogens is 1. The van der Waals surface area contributed by atoms with Gasteiger partial charge in [-0.2, -0.15) is 5.26 Å². The summed E-state index contributed by atoms with van der Waals surface area (Å²) in [5.41, 5.74) is 1.04. The molecule has 1 aliphatic rings. The van der Waals surface area contributed by atoms with Gasteiger partial charge in [-0.05, 0) is 59.8 Å². The van der Waals surface area contributed by atoms with Crippen LogP contribution in [0.2, 0.25) is 0 Å². The Kier molecular flexibility index (Phi) is 5.39. The smallest absolute Gasteiger partial charge is 0.271 e. The van der Waals surface area contributed by atoms with E-state index >= 15 is 0 Å². The van der Waals surface area contributed by atoms with E-state index in [2.05, 4.69) is 32.3 Å². The maximum atomic E-state index is 12.1. The Morgan fingerprint density at radius 1 is 1.40 bits per heavy atom. The minimum atomic E-state index is -0.124. The second-order valence-electron chi connectivity index (χ2n) is 6.24. The van der Waals surface area contributed by atoms with Gasteiger partial charge in [0.2, 0.25) is 0 Å². The average Bonchev–Trinajstić information content (AvgIpc) is 3.03. The van der Waals surface area contributed by atoms with Gasteiger partial charge in [0.15, 0.2) is 0 Å². The second kappa shape index (κ2) is 7.70. The van der Waals surface area contributed by atoms with Crippen LogP contribution in [0.5, 0.6) is 5.75 Å². The summed E-state index contributed by atoms with van der Waals surface area (Å²) >= 11 is 3.38. The van der Waals surface area contributed by atoms with Gasteiger partial charge in [0.25, 0.3) is 5.91 Å². The molecule has 2 aromatic rings. The lowest BCUT2D eigenvalue weighted by molar-refractivity contribution is 0.0889. The Labute approximate surface area is 154 Å². The monoisotopic (exact) mass is 402 g/mol. The predicted molar refractivity (Wildman–Crippen MR) is 96.2 cm³/mol. The average molecular weight is 403 g/mol. The molecule has 3 rings (SSSR count). The van der Waals surface area contributed by atoms with Gasteiger partial charge < -0.3 is 14.6 Å². The van der Waals surface area contributed by atoms with Crippen LogP contribution < -0.4 is 10.1 Å². The lowest BCUT2D eigenvalue weighted by Gasteiger charge is -2.29. The molecule has 0 saturated heterocycles. The van der Waals surface area contributed by atoms with E-state index in [9.17, 15) is 4.79 Å². The molecule has 0 spiro atoms. The number of hydrogen-bond donors (Lipinski definition) is 1. The number of carbonyl (C=O) groups is 1. The van der Waals surface area contributed by atoms with E-state index in [-0.39, 0.29) is 18.1 Å². The fraction of sp³-hybridized carbons (Fsp3) is 0.389. The minimum absolute atomic E-state index is 0.124. The molecule has 0 atom stereocenters. The third-order valence-electron chi connectivity index (χ3n) is 4.31. The zero-order valence-electron chi connectivity index (χ0n) is 13.9. The number of nitrogens with one attached hydrogen (secondary N) is 1. The third-order valence-corrected chi connectivity index (χ3v) is 4.97. The van der Waals surface area contributed by atoms with Crippen molar-refractivity contribution in [3.8, 4) is 11.8 Å². The first-order valence-electron chi connectivity index (χ1n) is 8.20. The van der Waals surface area contributed by atoms with E-state index in [1.807, 2.05) is 19.2 Å². The lowest BCUT2D eigenvalue weighted by atomic mass is 9.93. The number of imidazole rings is 1. The van der Waals surface area contributed by atoms with Crippen molar-refractivity contribution in [2.75, 3.05) is 0 Å². The fourth-order valence-electron chi connectivity index (χ4n) is 2.97. The standard InChI is InChI=1S/C18H19BrN4O2/c1-23-10-17(21-11-23)18(24)22-13-3-6-14(7-4-13)25-15-5-2-12(9-20)16(19)8-15/h2,5,8,10-11,13-14H,3-4,6-7H2,1H3,(H,22,24). The van der Waals surface area contributed by atoms with Crippen molar-refractivity contribution >= 4 is 21.8 Å². The number of benzene rings is 1. The molecule has 1 aromatic heterocycles. The first-order chi connectivity index (χ1) is 12.0. The zero-order valence-corrected chi connectivity index (χ0v) is 15.5. The Balaban J connectivity index is 1.49. The van der Waals surface area contributed by atoms with Crippen LogP contribution in [-0.4, -0.2) is 27.6 Å². The van der Waals surface area contributed by atoms with E-state index in [0.29, 0.717) is 11.3 Å². The van der Waals surface area contributed by atoms with Crippen LogP contribution in [0.4, 0.5) is 0 Å². The number of nitrogens with zero attached hydrogens (tertiary/aromatic N) is 3. The fourth-order valence-corrected chi connectivity index (χ4v) is 3.41. The maximum absolute atomic E-state index is 12.1. The van der Waals surface area contributed by atoms with Crippen LogP contribution in [0.3, 0.4) is 0 Å². The van der Waals surface area contributed by atoms with Crippen LogP contribution in [0.15, 0.2) is 35.2 Å². The molecule has 1 aromatic carbocycles. The number of amides is 1. The summed E-state index contributed by atoms with van der Waals surface area (Å²) in [5, 5.41) is 12.0. The van der Waals surface area contributed by atoms with Gasteiger partial charge in [0, 0.05) is 23.8 Å². The van der Waals surface area contributed by atoms with E-state index in [4.69, 9.17) is 10.00 Å². The van der Waals surface area contributed by atoms with Gasteiger partial charge in [-0.15, -0.1) is 0 Å². The minimum Gasteiger partial charge on any atom is -0.490 e. The molecule has 1 fully saturated rings. The topological polar surface area (TPSA) is 79.9 Å². The molecule has 0 radical (unpaired) electrons. The number of nitriles is 1. The predicted octanol–water partition coefficient (Wildman–Crippen LogP) is 3.17. The van der Waals surface area contributed by atoms with Crippen LogP contribution in [0, 0.1) is 11.3 Å². The van der Waals surface area contributed by atoms with Gasteiger partial charge >= 0.3 is 0 Å². The number of carbonyl (C=O) groups excluding carboxylic acids is 1. The van der Waals surface area contributed by atoms with Crippen LogP contribution in [0.1, 0.15) is 41.7 Å². The van der Waals surface area contributed by atoms with E-state index in [0.717, 1.165) is 35.9 Å². The summed E-state index contributed by atoms with van der Waals surface area (Å²) in [6, 6.07) is 7.66. The molecular weight excluding hydrogens is 384 g/mol. The Hall–Kier alpha value is -2.33. The Bertz CT molecular complexity index is 804. The van der Waals surface area contributed by atoms with Crippen LogP contribution >= 0.6 is 15.9 Å². The number of rotatable bonds is 4. The molecule has 130 valence electrons. The van der Waals surface area contributed by atoms with E-state index < -0.39 is 0 Å². The van der Waals surface area contributed by atoms with Crippen molar-refractivity contribution in [3.63, 3.8) is 0 Å². The quantitative estimate of drug-likeness (QED) is 0.851. The lowest BCUT2D eigenvalue weighted by Crippen LogP contribution is -2.39. The van der Waals surface area contributed by atoms with Gasteiger partial charge in [-0.3, -0.25) is 4.79 Å². The molecule has 25 heavy (non-hydrogen) atoms. The van der Waals surface area contributed by atoms with Crippen molar-refractivity contribution in [3.05, 3.63) is 46.5 Å². The second-order valence-corrected chi connectivity index (χ2v) is 7.10. The number of aryl methyl sites for hydroxylation is 1. The van der Waals surface area contributed by atoms with Crippen molar-refractivity contribution < 1.29 is 9.53 Å².